The van der Waals surface area contributed by atoms with Gasteiger partial charge in [-0.25, -0.2) is 0 Å². The van der Waals surface area contributed by atoms with Crippen LogP contribution in [0.2, 0.25) is 0 Å². The molecule has 0 spiro atoms. The van der Waals surface area contributed by atoms with Gasteiger partial charge in [0, 0.05) is 11.9 Å². The van der Waals surface area contributed by atoms with Crippen LogP contribution in [0.25, 0.3) is 10.8 Å². The third kappa shape index (κ3) is 1.80. The maximum absolute atomic E-state index is 12.6. The first-order valence-corrected chi connectivity index (χ1v) is 6.84. The minimum atomic E-state index is -0.105. The molecule has 0 atom stereocenters. The lowest BCUT2D eigenvalue weighted by Gasteiger charge is -2.18. The van der Waals surface area contributed by atoms with E-state index in [9.17, 15) is 9.70 Å². The van der Waals surface area contributed by atoms with Crippen LogP contribution in [-0.2, 0) is 0 Å². The van der Waals surface area contributed by atoms with E-state index in [1.54, 1.807) is 11.0 Å². The Bertz CT molecular complexity index is 707. The standard InChI is InChI=1S/C16H16N2O2/c1-10(2)8-9-18-13-5-3-4-11-6-7-12(17-20)15(14(11)13)16(18)19/h3-7,10H,8-9H2,1-2H3. The van der Waals surface area contributed by atoms with E-state index in [1.807, 2.05) is 24.3 Å². The maximum atomic E-state index is 12.6. The summed E-state index contributed by atoms with van der Waals surface area (Å²) in [5.74, 6) is 0.418. The van der Waals surface area contributed by atoms with Crippen molar-refractivity contribution >= 4 is 28.1 Å². The molecule has 0 unspecified atom stereocenters. The summed E-state index contributed by atoms with van der Waals surface area (Å²) in [6.45, 7) is 4.93. The Balaban J connectivity index is 2.16. The molecule has 1 aliphatic rings. The molecule has 0 bridgehead atoms. The number of amides is 1. The number of carbonyl (C=O) groups excluding carboxylic acids is 1. The first-order chi connectivity index (χ1) is 9.63. The Hall–Kier alpha value is -2.23. The van der Waals surface area contributed by atoms with Crippen molar-refractivity contribution in [1.82, 2.24) is 0 Å². The van der Waals surface area contributed by atoms with E-state index in [1.165, 1.54) is 0 Å². The number of hydrogen-bond donors (Lipinski definition) is 0. The highest BCUT2D eigenvalue weighted by atomic mass is 16.3. The van der Waals surface area contributed by atoms with Crippen LogP contribution in [0.4, 0.5) is 11.4 Å². The lowest BCUT2D eigenvalue weighted by molar-refractivity contribution is 0.0993. The second kappa shape index (κ2) is 4.71. The van der Waals surface area contributed by atoms with Gasteiger partial charge in [0.25, 0.3) is 5.91 Å². The molecule has 4 heteroatoms. The van der Waals surface area contributed by atoms with Gasteiger partial charge in [0.05, 0.1) is 11.3 Å². The van der Waals surface area contributed by atoms with Crippen LogP contribution in [0.1, 0.15) is 30.6 Å². The average molecular weight is 268 g/mol. The van der Waals surface area contributed by atoms with Gasteiger partial charge in [-0.2, -0.15) is 0 Å². The molecule has 2 aromatic carbocycles. The lowest BCUT2D eigenvalue weighted by Crippen LogP contribution is -2.28. The zero-order chi connectivity index (χ0) is 14.3. The highest BCUT2D eigenvalue weighted by Gasteiger charge is 2.32. The molecular weight excluding hydrogens is 252 g/mol. The molecule has 0 N–H and O–H groups in total. The predicted octanol–water partition coefficient (Wildman–Crippen LogP) is 4.24. The van der Waals surface area contributed by atoms with Crippen molar-refractivity contribution < 1.29 is 4.79 Å². The Labute approximate surface area is 117 Å². The molecule has 0 saturated heterocycles. The van der Waals surface area contributed by atoms with E-state index in [2.05, 4.69) is 19.0 Å². The third-order valence-corrected chi connectivity index (χ3v) is 3.78. The molecule has 1 heterocycles. The monoisotopic (exact) mass is 268 g/mol. The molecule has 0 aliphatic carbocycles. The number of rotatable bonds is 4. The second-order valence-corrected chi connectivity index (χ2v) is 5.57. The van der Waals surface area contributed by atoms with Crippen LogP contribution in [0.3, 0.4) is 0 Å². The van der Waals surface area contributed by atoms with E-state index in [4.69, 9.17) is 0 Å². The molecule has 4 nitrogen and oxygen atoms in total. The lowest BCUT2D eigenvalue weighted by atomic mass is 10.0. The zero-order valence-electron chi connectivity index (χ0n) is 11.6. The molecule has 20 heavy (non-hydrogen) atoms. The van der Waals surface area contributed by atoms with Crippen LogP contribution in [0, 0.1) is 10.8 Å². The van der Waals surface area contributed by atoms with Gasteiger partial charge in [-0.1, -0.05) is 32.0 Å². The van der Waals surface area contributed by atoms with Crippen LogP contribution in [-0.4, -0.2) is 12.5 Å². The molecule has 0 aromatic heterocycles. The molecular formula is C16H16N2O2. The largest absolute Gasteiger partial charge is 0.308 e. The normalized spacial score (nSPS) is 13.6. The van der Waals surface area contributed by atoms with Crippen molar-refractivity contribution in [2.45, 2.75) is 20.3 Å². The Morgan fingerprint density at radius 2 is 2.00 bits per heavy atom. The third-order valence-electron chi connectivity index (χ3n) is 3.78. The van der Waals surface area contributed by atoms with Crippen LogP contribution < -0.4 is 4.90 Å². The number of carbonyl (C=O) groups is 1. The Kier molecular flexibility index (Phi) is 3.01. The minimum absolute atomic E-state index is 0.105. The van der Waals surface area contributed by atoms with Crippen molar-refractivity contribution in [2.24, 2.45) is 11.1 Å². The summed E-state index contributed by atoms with van der Waals surface area (Å²) in [5, 5.41) is 4.84. The summed E-state index contributed by atoms with van der Waals surface area (Å²) in [5.41, 5.74) is 1.59. The number of hydrogen-bond acceptors (Lipinski definition) is 3. The molecule has 102 valence electrons. The molecule has 2 aromatic rings. The molecule has 0 radical (unpaired) electrons. The number of nitrogens with zero attached hydrogens (tertiary/aromatic N) is 2. The highest BCUT2D eigenvalue weighted by molar-refractivity contribution is 6.27. The first kappa shape index (κ1) is 12.8. The van der Waals surface area contributed by atoms with Gasteiger partial charge in [-0.15, -0.1) is 4.91 Å². The molecule has 0 saturated carbocycles. The van der Waals surface area contributed by atoms with Crippen LogP contribution >= 0.6 is 0 Å². The molecule has 1 aliphatic heterocycles. The zero-order valence-corrected chi connectivity index (χ0v) is 11.6. The summed E-state index contributed by atoms with van der Waals surface area (Å²) < 4.78 is 0. The van der Waals surface area contributed by atoms with Crippen molar-refractivity contribution in [3.63, 3.8) is 0 Å². The molecule has 1 amide bonds. The van der Waals surface area contributed by atoms with Crippen molar-refractivity contribution in [2.75, 3.05) is 11.4 Å². The predicted molar refractivity (Wildman–Crippen MR) is 80.5 cm³/mol. The number of anilines is 1. The smallest absolute Gasteiger partial charge is 0.261 e. The summed E-state index contributed by atoms with van der Waals surface area (Å²) in [7, 11) is 0. The van der Waals surface area contributed by atoms with Crippen LogP contribution in [0.5, 0.6) is 0 Å². The van der Waals surface area contributed by atoms with Crippen molar-refractivity contribution in [1.29, 1.82) is 0 Å². The topological polar surface area (TPSA) is 49.7 Å². The first-order valence-electron chi connectivity index (χ1n) is 6.84. The summed E-state index contributed by atoms with van der Waals surface area (Å²) >= 11 is 0. The molecule has 0 fully saturated rings. The quantitative estimate of drug-likeness (QED) is 0.778. The fraction of sp³-hybridized carbons (Fsp3) is 0.312. The minimum Gasteiger partial charge on any atom is -0.308 e. The number of benzene rings is 2. The van der Waals surface area contributed by atoms with Crippen LogP contribution in [0.15, 0.2) is 35.5 Å². The summed E-state index contributed by atoms with van der Waals surface area (Å²) in [4.78, 5) is 25.3. The van der Waals surface area contributed by atoms with Crippen molar-refractivity contribution in [3.8, 4) is 0 Å². The second-order valence-electron chi connectivity index (χ2n) is 5.57. The summed E-state index contributed by atoms with van der Waals surface area (Å²) in [6, 6.07) is 9.30. The fourth-order valence-corrected chi connectivity index (χ4v) is 2.72. The van der Waals surface area contributed by atoms with E-state index >= 15 is 0 Å². The maximum Gasteiger partial charge on any atom is 0.261 e. The van der Waals surface area contributed by atoms with Gasteiger partial charge < -0.3 is 4.90 Å². The van der Waals surface area contributed by atoms with Crippen molar-refractivity contribution in [3.05, 3.63) is 40.8 Å². The summed E-state index contributed by atoms with van der Waals surface area (Å²) in [6.07, 6.45) is 0.931. The van der Waals surface area contributed by atoms with E-state index < -0.39 is 0 Å². The fourth-order valence-electron chi connectivity index (χ4n) is 2.72. The Morgan fingerprint density at radius 1 is 1.20 bits per heavy atom. The molecule has 3 rings (SSSR count). The SMILES string of the molecule is CC(C)CCN1C(=O)c2c(N=O)ccc3cccc1c23. The Morgan fingerprint density at radius 3 is 2.70 bits per heavy atom. The van der Waals surface area contributed by atoms with Gasteiger partial charge in [0.2, 0.25) is 0 Å². The van der Waals surface area contributed by atoms with E-state index in [0.29, 0.717) is 18.0 Å². The van der Waals surface area contributed by atoms with E-state index in [0.717, 1.165) is 22.9 Å². The highest BCUT2D eigenvalue weighted by Crippen LogP contribution is 2.41. The van der Waals surface area contributed by atoms with Gasteiger partial charge in [0.1, 0.15) is 5.69 Å². The van der Waals surface area contributed by atoms with Gasteiger partial charge >= 0.3 is 0 Å². The average Bonchev–Trinajstić information content (AvgIpc) is 2.72. The van der Waals surface area contributed by atoms with Gasteiger partial charge in [-0.05, 0) is 35.0 Å². The van der Waals surface area contributed by atoms with Gasteiger partial charge in [0.15, 0.2) is 0 Å². The van der Waals surface area contributed by atoms with Gasteiger partial charge in [-0.3, -0.25) is 4.79 Å². The van der Waals surface area contributed by atoms with E-state index in [-0.39, 0.29) is 11.6 Å². The number of nitroso groups, excluding NO2 is 1.